The minimum atomic E-state index is -5.74. The van der Waals surface area contributed by atoms with Gasteiger partial charge in [-0.15, -0.1) is 0 Å². The molecule has 1 aliphatic rings. The monoisotopic (exact) mass is 475 g/mol. The molecule has 172 valence electrons. The number of carbonyl (C=O) groups excluding carboxylic acids is 1. The average Bonchev–Trinajstić information content (AvgIpc) is 2.72. The van der Waals surface area contributed by atoms with Crippen LogP contribution in [0.25, 0.3) is 0 Å². The topological polar surface area (TPSA) is 101 Å². The lowest BCUT2D eigenvalue weighted by molar-refractivity contribution is -0.384. The molecule has 1 aliphatic heterocycles. The lowest BCUT2D eigenvalue weighted by Gasteiger charge is -2.37. The smallest absolute Gasteiger partial charge is 0.366 e. The minimum Gasteiger partial charge on any atom is -0.366 e. The molecule has 0 saturated carbocycles. The maximum absolute atomic E-state index is 14.4. The average molecular weight is 475 g/mol. The molecule has 1 fully saturated rings. The Morgan fingerprint density at radius 3 is 2.00 bits per heavy atom. The van der Waals surface area contributed by atoms with Crippen LogP contribution < -0.4 is 9.80 Å². The second kappa shape index (κ2) is 8.37. The van der Waals surface area contributed by atoms with Crippen molar-refractivity contribution in [3.63, 3.8) is 0 Å². The van der Waals surface area contributed by atoms with Gasteiger partial charge in [-0.2, -0.15) is 13.2 Å². The van der Waals surface area contributed by atoms with E-state index in [9.17, 15) is 40.9 Å². The molecule has 0 spiro atoms. The summed E-state index contributed by atoms with van der Waals surface area (Å²) in [6, 6.07) is 6.10. The predicted octanol–water partition coefficient (Wildman–Crippen LogP) is 3.56. The second-order valence-electron chi connectivity index (χ2n) is 7.05. The lowest BCUT2D eigenvalue weighted by Crippen LogP contribution is -2.47. The van der Waals surface area contributed by atoms with Crippen molar-refractivity contribution in [3.8, 4) is 0 Å². The fourth-order valence-electron chi connectivity index (χ4n) is 3.39. The van der Waals surface area contributed by atoms with Crippen LogP contribution in [0.2, 0.25) is 0 Å². The molecule has 0 atom stereocenters. The quantitative estimate of drug-likeness (QED) is 0.282. The van der Waals surface area contributed by atoms with Crippen LogP contribution in [-0.4, -0.2) is 50.8 Å². The number of ketones is 1. The van der Waals surface area contributed by atoms with Gasteiger partial charge >= 0.3 is 5.51 Å². The number of hydrogen-bond acceptors (Lipinski definition) is 7. The van der Waals surface area contributed by atoms with E-state index in [1.165, 1.54) is 24.0 Å². The highest BCUT2D eigenvalue weighted by Crippen LogP contribution is 2.36. The van der Waals surface area contributed by atoms with Crippen molar-refractivity contribution >= 4 is 32.7 Å². The Morgan fingerprint density at radius 1 is 1.00 bits per heavy atom. The number of carbonyl (C=O) groups is 1. The highest BCUT2D eigenvalue weighted by Gasteiger charge is 2.47. The third kappa shape index (κ3) is 4.38. The number of nitrogens with zero attached hydrogens (tertiary/aromatic N) is 3. The van der Waals surface area contributed by atoms with E-state index in [2.05, 4.69) is 0 Å². The Balaban J connectivity index is 1.84. The maximum atomic E-state index is 14.4. The molecule has 1 heterocycles. The number of Topliss-reactive ketones (excluding diaryl/α,β-unsaturated/α-hetero) is 1. The van der Waals surface area contributed by atoms with Gasteiger partial charge in [0.2, 0.25) is 0 Å². The molecule has 0 bridgehead atoms. The summed E-state index contributed by atoms with van der Waals surface area (Å²) in [6.45, 7) is 2.11. The van der Waals surface area contributed by atoms with E-state index in [1.54, 1.807) is 4.90 Å². The molecule has 8 nitrogen and oxygen atoms in total. The molecule has 13 heteroatoms. The van der Waals surface area contributed by atoms with Gasteiger partial charge in [0, 0.05) is 37.8 Å². The lowest BCUT2D eigenvalue weighted by atomic mass is 10.1. The third-order valence-electron chi connectivity index (χ3n) is 5.07. The first kappa shape index (κ1) is 23.4. The van der Waals surface area contributed by atoms with E-state index in [0.717, 1.165) is 12.1 Å². The number of nitro benzene ring substituents is 1. The SMILES string of the molecule is CC(=O)c1ccc(N2CCN(c3ccc(S(=O)(=O)C(F)(F)F)cc3[N+](=O)[O-])CC2)c(F)c1. The summed E-state index contributed by atoms with van der Waals surface area (Å²) in [5.41, 5.74) is -5.94. The van der Waals surface area contributed by atoms with E-state index in [4.69, 9.17) is 0 Å². The molecule has 2 aromatic carbocycles. The summed E-state index contributed by atoms with van der Waals surface area (Å²) in [7, 11) is -5.74. The van der Waals surface area contributed by atoms with Crippen LogP contribution in [0.5, 0.6) is 0 Å². The van der Waals surface area contributed by atoms with E-state index < -0.39 is 36.7 Å². The molecule has 0 radical (unpaired) electrons. The summed E-state index contributed by atoms with van der Waals surface area (Å²) < 4.78 is 75.9. The number of alkyl halides is 3. The number of benzene rings is 2. The number of piperazine rings is 1. The van der Waals surface area contributed by atoms with Crippen LogP contribution >= 0.6 is 0 Å². The second-order valence-corrected chi connectivity index (χ2v) is 8.99. The van der Waals surface area contributed by atoms with Crippen molar-refractivity contribution in [1.82, 2.24) is 0 Å². The summed E-state index contributed by atoms with van der Waals surface area (Å²) in [5, 5.41) is 11.4. The van der Waals surface area contributed by atoms with Crippen LogP contribution in [0.3, 0.4) is 0 Å². The van der Waals surface area contributed by atoms with Gasteiger partial charge in [0.25, 0.3) is 15.5 Å². The Kier molecular flexibility index (Phi) is 6.13. The number of sulfone groups is 1. The fourth-order valence-corrected chi connectivity index (χ4v) is 4.17. The normalized spacial score (nSPS) is 15.0. The minimum absolute atomic E-state index is 0.0387. The van der Waals surface area contributed by atoms with Crippen LogP contribution in [0, 0.1) is 15.9 Å². The number of halogens is 4. The zero-order chi connectivity index (χ0) is 23.8. The standard InChI is InChI=1S/C19H17F4N3O5S/c1-12(27)13-2-4-16(15(20)10-13)24-6-8-25(9-7-24)17-5-3-14(11-18(17)26(28)29)32(30,31)19(21,22)23/h2-5,10-11H,6-9H2,1H3. The molecule has 0 aliphatic carbocycles. The van der Waals surface area contributed by atoms with Crippen LogP contribution in [-0.2, 0) is 9.84 Å². The van der Waals surface area contributed by atoms with Gasteiger partial charge < -0.3 is 9.80 Å². The maximum Gasteiger partial charge on any atom is 0.501 e. The fraction of sp³-hybridized carbons (Fsp3) is 0.316. The molecular formula is C19H17F4N3O5S. The molecule has 0 amide bonds. The van der Waals surface area contributed by atoms with Gasteiger partial charge in [0.1, 0.15) is 11.5 Å². The zero-order valence-corrected chi connectivity index (χ0v) is 17.4. The highest BCUT2D eigenvalue weighted by atomic mass is 32.2. The number of rotatable bonds is 5. The molecule has 0 N–H and O–H groups in total. The molecule has 32 heavy (non-hydrogen) atoms. The first-order valence-corrected chi connectivity index (χ1v) is 10.7. The Bertz CT molecular complexity index is 1180. The van der Waals surface area contributed by atoms with Crippen molar-refractivity contribution in [2.24, 2.45) is 0 Å². The first-order chi connectivity index (χ1) is 14.8. The number of hydrogen-bond donors (Lipinski definition) is 0. The molecule has 1 saturated heterocycles. The molecule has 3 rings (SSSR count). The largest absolute Gasteiger partial charge is 0.501 e. The molecule has 0 aromatic heterocycles. The van der Waals surface area contributed by atoms with Crippen molar-refractivity contribution in [3.05, 3.63) is 57.9 Å². The van der Waals surface area contributed by atoms with E-state index in [0.29, 0.717) is 12.1 Å². The van der Waals surface area contributed by atoms with Crippen LogP contribution in [0.15, 0.2) is 41.3 Å². The van der Waals surface area contributed by atoms with Gasteiger partial charge in [0.05, 0.1) is 15.5 Å². The van der Waals surface area contributed by atoms with Crippen LogP contribution in [0.1, 0.15) is 17.3 Å². The summed E-state index contributed by atoms with van der Waals surface area (Å²) >= 11 is 0. The van der Waals surface area contributed by atoms with Gasteiger partial charge in [0.15, 0.2) is 5.78 Å². The summed E-state index contributed by atoms with van der Waals surface area (Å²) in [5.74, 6) is -0.887. The Morgan fingerprint density at radius 2 is 1.53 bits per heavy atom. The van der Waals surface area contributed by atoms with Gasteiger partial charge in [-0.05, 0) is 37.3 Å². The molecule has 2 aromatic rings. The van der Waals surface area contributed by atoms with Gasteiger partial charge in [-0.25, -0.2) is 12.8 Å². The van der Waals surface area contributed by atoms with Crippen molar-refractivity contribution in [2.75, 3.05) is 36.0 Å². The third-order valence-corrected chi connectivity index (χ3v) is 6.56. The number of nitro groups is 1. The first-order valence-electron chi connectivity index (χ1n) is 9.23. The Hall–Kier alpha value is -3.22. The predicted molar refractivity (Wildman–Crippen MR) is 107 cm³/mol. The zero-order valence-electron chi connectivity index (χ0n) is 16.6. The van der Waals surface area contributed by atoms with Crippen molar-refractivity contribution < 1.29 is 35.7 Å². The van der Waals surface area contributed by atoms with Crippen molar-refractivity contribution in [1.29, 1.82) is 0 Å². The summed E-state index contributed by atoms with van der Waals surface area (Å²) in [6.07, 6.45) is 0. The van der Waals surface area contributed by atoms with E-state index >= 15 is 0 Å². The Labute approximate surface area is 180 Å². The van der Waals surface area contributed by atoms with Gasteiger partial charge in [-0.1, -0.05) is 0 Å². The van der Waals surface area contributed by atoms with Crippen LogP contribution in [0.4, 0.5) is 34.6 Å². The molecule has 0 unspecified atom stereocenters. The summed E-state index contributed by atoms with van der Waals surface area (Å²) in [4.78, 5) is 23.8. The van der Waals surface area contributed by atoms with E-state index in [1.807, 2.05) is 0 Å². The highest BCUT2D eigenvalue weighted by molar-refractivity contribution is 7.92. The molecular weight excluding hydrogens is 458 g/mol. The van der Waals surface area contributed by atoms with Gasteiger partial charge in [-0.3, -0.25) is 14.9 Å². The number of anilines is 2. The van der Waals surface area contributed by atoms with Crippen molar-refractivity contribution in [2.45, 2.75) is 17.3 Å². The van der Waals surface area contributed by atoms with E-state index in [-0.39, 0.29) is 48.9 Å².